The summed E-state index contributed by atoms with van der Waals surface area (Å²) < 4.78 is 11.1. The van der Waals surface area contributed by atoms with Crippen LogP contribution in [0.4, 0.5) is 0 Å². The minimum atomic E-state index is -0.711. The number of hydrogen-bond acceptors (Lipinski definition) is 4. The number of amides is 2. The minimum Gasteiger partial charge on any atom is -0.376 e. The third-order valence-electron chi connectivity index (χ3n) is 4.69. The lowest BCUT2D eigenvalue weighted by Gasteiger charge is -2.38. The summed E-state index contributed by atoms with van der Waals surface area (Å²) in [6, 6.07) is 7.42. The van der Waals surface area contributed by atoms with Gasteiger partial charge in [0.15, 0.2) is 6.10 Å². The molecule has 1 aromatic carbocycles. The van der Waals surface area contributed by atoms with E-state index in [9.17, 15) is 9.59 Å². The lowest BCUT2D eigenvalue weighted by molar-refractivity contribution is -0.162. The molecule has 2 heterocycles. The number of nitrogens with zero attached hydrogens (tertiary/aromatic N) is 1. The van der Waals surface area contributed by atoms with Crippen LogP contribution in [-0.4, -0.2) is 55.7 Å². The molecular formula is C18H24N2O4. The Kier molecular flexibility index (Phi) is 5.16. The Hall–Kier alpha value is -1.92. The SMILES string of the molecule is Cc1ccc([C@@H]2[C@H](C(=O)NC[C@H]3CCCO3)OCC(=O)N2C)cc1. The van der Waals surface area contributed by atoms with Gasteiger partial charge >= 0.3 is 0 Å². The van der Waals surface area contributed by atoms with Crippen LogP contribution < -0.4 is 5.32 Å². The molecule has 0 aliphatic carbocycles. The smallest absolute Gasteiger partial charge is 0.251 e. The normalized spacial score (nSPS) is 27.3. The van der Waals surface area contributed by atoms with Crippen LogP contribution in [0, 0.1) is 6.92 Å². The second-order valence-corrected chi connectivity index (χ2v) is 6.47. The van der Waals surface area contributed by atoms with Crippen LogP contribution in [0.15, 0.2) is 24.3 Å². The number of rotatable bonds is 4. The molecule has 0 unspecified atom stereocenters. The van der Waals surface area contributed by atoms with Gasteiger partial charge in [0.1, 0.15) is 6.61 Å². The molecule has 0 bridgehead atoms. The molecule has 1 N–H and O–H groups in total. The third kappa shape index (κ3) is 3.60. The number of benzene rings is 1. The second kappa shape index (κ2) is 7.32. The van der Waals surface area contributed by atoms with Crippen molar-refractivity contribution in [3.63, 3.8) is 0 Å². The first-order valence-electron chi connectivity index (χ1n) is 8.39. The molecule has 0 aromatic heterocycles. The summed E-state index contributed by atoms with van der Waals surface area (Å²) >= 11 is 0. The lowest BCUT2D eigenvalue weighted by atomic mass is 9.96. The molecule has 130 valence electrons. The molecule has 2 fully saturated rings. The molecule has 3 rings (SSSR count). The standard InChI is InChI=1S/C18H24N2O4/c1-12-5-7-13(8-6-12)16-17(24-11-15(21)20(16)2)18(22)19-10-14-4-3-9-23-14/h5-8,14,16-17H,3-4,9-11H2,1-2H3,(H,19,22)/t14-,16-,17-/m1/s1. The van der Waals surface area contributed by atoms with Crippen molar-refractivity contribution >= 4 is 11.8 Å². The van der Waals surface area contributed by atoms with Gasteiger partial charge in [0.2, 0.25) is 5.91 Å². The molecule has 6 heteroatoms. The minimum absolute atomic E-state index is 0.0725. The Morgan fingerprint density at radius 2 is 2.04 bits per heavy atom. The van der Waals surface area contributed by atoms with Crippen LogP contribution in [0.5, 0.6) is 0 Å². The largest absolute Gasteiger partial charge is 0.376 e. The lowest BCUT2D eigenvalue weighted by Crippen LogP contribution is -2.53. The van der Waals surface area contributed by atoms with Gasteiger partial charge < -0.3 is 19.7 Å². The van der Waals surface area contributed by atoms with E-state index in [2.05, 4.69) is 5.32 Å². The van der Waals surface area contributed by atoms with Crippen molar-refractivity contribution < 1.29 is 19.1 Å². The Balaban J connectivity index is 1.74. The van der Waals surface area contributed by atoms with E-state index in [4.69, 9.17) is 9.47 Å². The van der Waals surface area contributed by atoms with E-state index in [1.54, 1.807) is 11.9 Å². The zero-order valence-corrected chi connectivity index (χ0v) is 14.2. The van der Waals surface area contributed by atoms with Gasteiger partial charge in [-0.2, -0.15) is 0 Å². The highest BCUT2D eigenvalue weighted by molar-refractivity contribution is 5.86. The molecule has 0 saturated carbocycles. The Morgan fingerprint density at radius 3 is 2.71 bits per heavy atom. The van der Waals surface area contributed by atoms with Gasteiger partial charge in [-0.3, -0.25) is 9.59 Å². The highest BCUT2D eigenvalue weighted by Gasteiger charge is 2.40. The molecule has 2 amide bonds. The summed E-state index contributed by atoms with van der Waals surface area (Å²) in [5, 5.41) is 2.91. The maximum Gasteiger partial charge on any atom is 0.251 e. The maximum atomic E-state index is 12.6. The van der Waals surface area contributed by atoms with E-state index < -0.39 is 12.1 Å². The predicted molar refractivity (Wildman–Crippen MR) is 88.4 cm³/mol. The van der Waals surface area contributed by atoms with Crippen LogP contribution in [0.25, 0.3) is 0 Å². The predicted octanol–water partition coefficient (Wildman–Crippen LogP) is 1.19. The number of likely N-dealkylation sites (N-methyl/N-ethyl adjacent to an activating group) is 1. The van der Waals surface area contributed by atoms with Gasteiger partial charge in [0.25, 0.3) is 5.91 Å². The van der Waals surface area contributed by atoms with Gasteiger partial charge in [0, 0.05) is 20.2 Å². The zero-order valence-electron chi connectivity index (χ0n) is 14.2. The quantitative estimate of drug-likeness (QED) is 0.899. The average molecular weight is 332 g/mol. The molecular weight excluding hydrogens is 308 g/mol. The fourth-order valence-corrected chi connectivity index (χ4v) is 3.21. The summed E-state index contributed by atoms with van der Waals surface area (Å²) in [7, 11) is 1.72. The van der Waals surface area contributed by atoms with Crippen molar-refractivity contribution in [2.45, 2.75) is 38.0 Å². The van der Waals surface area contributed by atoms with Gasteiger partial charge in [0.05, 0.1) is 12.1 Å². The molecule has 0 radical (unpaired) electrons. The van der Waals surface area contributed by atoms with Crippen molar-refractivity contribution in [2.24, 2.45) is 0 Å². The third-order valence-corrected chi connectivity index (χ3v) is 4.69. The number of morpholine rings is 1. The summed E-state index contributed by atoms with van der Waals surface area (Å²) in [4.78, 5) is 26.3. The first-order chi connectivity index (χ1) is 11.6. The van der Waals surface area contributed by atoms with Crippen LogP contribution >= 0.6 is 0 Å². The van der Waals surface area contributed by atoms with E-state index in [-0.39, 0.29) is 24.5 Å². The van der Waals surface area contributed by atoms with Gasteiger partial charge in [-0.1, -0.05) is 29.8 Å². The van der Waals surface area contributed by atoms with E-state index in [1.165, 1.54) is 0 Å². The van der Waals surface area contributed by atoms with Crippen LogP contribution in [0.3, 0.4) is 0 Å². The fourth-order valence-electron chi connectivity index (χ4n) is 3.21. The molecule has 0 spiro atoms. The zero-order chi connectivity index (χ0) is 17.1. The fraction of sp³-hybridized carbons (Fsp3) is 0.556. The first-order valence-corrected chi connectivity index (χ1v) is 8.39. The summed E-state index contributed by atoms with van der Waals surface area (Å²) in [5.74, 6) is -0.320. The number of hydrogen-bond donors (Lipinski definition) is 1. The molecule has 6 nitrogen and oxygen atoms in total. The maximum absolute atomic E-state index is 12.6. The Morgan fingerprint density at radius 1 is 1.29 bits per heavy atom. The number of nitrogens with one attached hydrogen (secondary N) is 1. The molecule has 3 atom stereocenters. The molecule has 2 aliphatic heterocycles. The molecule has 2 saturated heterocycles. The topological polar surface area (TPSA) is 67.9 Å². The van der Waals surface area contributed by atoms with E-state index in [0.29, 0.717) is 6.54 Å². The summed E-state index contributed by atoms with van der Waals surface area (Å²) in [5.41, 5.74) is 2.03. The number of carbonyl (C=O) groups excluding carboxylic acids is 2. The van der Waals surface area contributed by atoms with Crippen LogP contribution in [-0.2, 0) is 19.1 Å². The van der Waals surface area contributed by atoms with Gasteiger partial charge in [-0.15, -0.1) is 0 Å². The van der Waals surface area contributed by atoms with Crippen LogP contribution in [0.1, 0.15) is 30.0 Å². The number of aryl methyl sites for hydroxylation is 1. The summed E-state index contributed by atoms with van der Waals surface area (Å²) in [6.07, 6.45) is 1.36. The summed E-state index contributed by atoms with van der Waals surface area (Å²) in [6.45, 7) is 3.17. The molecule has 24 heavy (non-hydrogen) atoms. The molecule has 2 aliphatic rings. The first kappa shape index (κ1) is 16.9. The number of ether oxygens (including phenoxy) is 2. The number of carbonyl (C=O) groups is 2. The van der Waals surface area contributed by atoms with Crippen molar-refractivity contribution in [2.75, 3.05) is 26.8 Å². The van der Waals surface area contributed by atoms with Crippen LogP contribution in [0.2, 0.25) is 0 Å². The van der Waals surface area contributed by atoms with Gasteiger partial charge in [-0.25, -0.2) is 0 Å². The Bertz CT molecular complexity index is 596. The van der Waals surface area contributed by atoms with Crippen molar-refractivity contribution in [3.05, 3.63) is 35.4 Å². The monoisotopic (exact) mass is 332 g/mol. The van der Waals surface area contributed by atoms with Crippen molar-refractivity contribution in [3.8, 4) is 0 Å². The second-order valence-electron chi connectivity index (χ2n) is 6.47. The van der Waals surface area contributed by atoms with Gasteiger partial charge in [-0.05, 0) is 25.3 Å². The average Bonchev–Trinajstić information content (AvgIpc) is 3.09. The van der Waals surface area contributed by atoms with E-state index >= 15 is 0 Å². The highest BCUT2D eigenvalue weighted by atomic mass is 16.5. The van der Waals surface area contributed by atoms with E-state index in [1.807, 2.05) is 31.2 Å². The van der Waals surface area contributed by atoms with Crippen molar-refractivity contribution in [1.29, 1.82) is 0 Å². The van der Waals surface area contributed by atoms with E-state index in [0.717, 1.165) is 30.6 Å². The Labute approximate surface area is 142 Å². The molecule has 1 aromatic rings. The van der Waals surface area contributed by atoms with Crippen molar-refractivity contribution in [1.82, 2.24) is 10.2 Å². The highest BCUT2D eigenvalue weighted by Crippen LogP contribution is 2.29.